The highest BCUT2D eigenvalue weighted by molar-refractivity contribution is 5.75. The fraction of sp³-hybridized carbons (Fsp3) is 0.250. The van der Waals surface area contributed by atoms with Crippen molar-refractivity contribution in [2.75, 3.05) is 12.3 Å². The molecule has 0 saturated heterocycles. The van der Waals surface area contributed by atoms with Gasteiger partial charge in [-0.15, -0.1) is 0 Å². The normalized spacial score (nSPS) is 14.8. The molecule has 0 amide bonds. The van der Waals surface area contributed by atoms with E-state index >= 15 is 0 Å². The van der Waals surface area contributed by atoms with Gasteiger partial charge in [-0.3, -0.25) is 0 Å². The molecule has 1 aliphatic heterocycles. The Balaban J connectivity index is 2.13. The first-order valence-electron chi connectivity index (χ1n) is 5.33. The van der Waals surface area contributed by atoms with Crippen molar-refractivity contribution in [2.45, 2.75) is 13.2 Å². The number of benzene rings is 1. The molecule has 0 bridgehead atoms. The number of para-hydroxylation sites is 1. The maximum atomic E-state index is 5.95. The zero-order valence-electron chi connectivity index (χ0n) is 8.89. The number of hydrogen-bond donors (Lipinski definition) is 1. The number of hydrogen-bond acceptors (Lipinski definition) is 3. The number of nitrogen functional groups attached to an aromatic ring is 1. The van der Waals surface area contributed by atoms with Crippen LogP contribution in [0.1, 0.15) is 5.69 Å². The third kappa shape index (κ3) is 1.39. The molecular weight excluding hydrogens is 202 g/mol. The Hall–Kier alpha value is -1.81. The molecule has 2 N–H and O–H groups in total. The van der Waals surface area contributed by atoms with Crippen LogP contribution in [0.25, 0.3) is 11.3 Å². The zero-order valence-corrected chi connectivity index (χ0v) is 8.89. The zero-order chi connectivity index (χ0) is 11.0. The lowest BCUT2D eigenvalue weighted by molar-refractivity contribution is 0.0854. The van der Waals surface area contributed by atoms with Gasteiger partial charge >= 0.3 is 0 Å². The van der Waals surface area contributed by atoms with Gasteiger partial charge in [-0.2, -0.15) is 0 Å². The maximum absolute atomic E-state index is 5.95. The second-order valence-corrected chi connectivity index (χ2v) is 3.87. The van der Waals surface area contributed by atoms with Gasteiger partial charge in [0.25, 0.3) is 0 Å². The molecule has 1 aliphatic rings. The van der Waals surface area contributed by atoms with Crippen molar-refractivity contribution in [3.05, 3.63) is 36.3 Å². The minimum atomic E-state index is 0.615. The quantitative estimate of drug-likeness (QED) is 0.736. The molecule has 0 atom stereocenters. The third-order valence-corrected chi connectivity index (χ3v) is 2.88. The fourth-order valence-corrected chi connectivity index (χ4v) is 2.02. The summed E-state index contributed by atoms with van der Waals surface area (Å²) < 4.78 is 7.58. The molecule has 0 aliphatic carbocycles. The van der Waals surface area contributed by atoms with Crippen LogP contribution in [0.4, 0.5) is 5.69 Å². The number of ether oxygens (including phenoxy) is 1. The summed E-state index contributed by atoms with van der Waals surface area (Å²) in [5, 5.41) is 0. The van der Waals surface area contributed by atoms with E-state index < -0.39 is 0 Å². The second-order valence-electron chi connectivity index (χ2n) is 3.87. The molecule has 0 saturated carbocycles. The summed E-state index contributed by atoms with van der Waals surface area (Å²) in [5.74, 6) is 0. The van der Waals surface area contributed by atoms with Gasteiger partial charge in [0.15, 0.2) is 0 Å². The Morgan fingerprint density at radius 1 is 1.31 bits per heavy atom. The molecule has 1 aromatic carbocycles. The summed E-state index contributed by atoms with van der Waals surface area (Å²) in [6, 6.07) is 7.79. The largest absolute Gasteiger partial charge is 0.398 e. The van der Waals surface area contributed by atoms with Crippen LogP contribution in [0.2, 0.25) is 0 Å². The maximum Gasteiger partial charge on any atom is 0.0959 e. The van der Waals surface area contributed by atoms with Gasteiger partial charge < -0.3 is 15.0 Å². The first-order chi connectivity index (χ1) is 7.86. The molecule has 2 heterocycles. The predicted octanol–water partition coefficient (Wildman–Crippen LogP) is 1.66. The topological polar surface area (TPSA) is 53.1 Å². The Morgan fingerprint density at radius 3 is 3.06 bits per heavy atom. The molecule has 0 unspecified atom stereocenters. The molecule has 2 aromatic rings. The minimum Gasteiger partial charge on any atom is -0.398 e. The number of anilines is 1. The van der Waals surface area contributed by atoms with Crippen molar-refractivity contribution in [2.24, 2.45) is 0 Å². The summed E-state index contributed by atoms with van der Waals surface area (Å²) >= 11 is 0. The lowest BCUT2D eigenvalue weighted by Gasteiger charge is -2.16. The van der Waals surface area contributed by atoms with E-state index in [2.05, 4.69) is 9.55 Å². The van der Waals surface area contributed by atoms with Gasteiger partial charge in [0.1, 0.15) is 0 Å². The van der Waals surface area contributed by atoms with Crippen molar-refractivity contribution in [3.63, 3.8) is 0 Å². The summed E-state index contributed by atoms with van der Waals surface area (Å²) in [4.78, 5) is 4.43. The molecule has 1 aromatic heterocycles. The Kier molecular flexibility index (Phi) is 2.15. The van der Waals surface area contributed by atoms with E-state index in [-0.39, 0.29) is 0 Å². The fourth-order valence-electron chi connectivity index (χ4n) is 2.02. The van der Waals surface area contributed by atoms with Gasteiger partial charge in [0.2, 0.25) is 0 Å². The number of imidazole rings is 1. The highest BCUT2D eigenvalue weighted by Gasteiger charge is 2.17. The second kappa shape index (κ2) is 3.64. The molecule has 16 heavy (non-hydrogen) atoms. The van der Waals surface area contributed by atoms with Crippen LogP contribution in [-0.2, 0) is 17.9 Å². The molecule has 4 heteroatoms. The highest BCUT2D eigenvalue weighted by Crippen LogP contribution is 2.28. The average molecular weight is 215 g/mol. The number of nitrogens with two attached hydrogens (primary N) is 1. The van der Waals surface area contributed by atoms with Crippen LogP contribution >= 0.6 is 0 Å². The van der Waals surface area contributed by atoms with Crippen molar-refractivity contribution < 1.29 is 4.74 Å². The number of nitrogens with zero attached hydrogens (tertiary/aromatic N) is 2. The molecule has 0 fully saturated rings. The number of rotatable bonds is 1. The lowest BCUT2D eigenvalue weighted by atomic mass is 10.1. The van der Waals surface area contributed by atoms with E-state index in [1.165, 1.54) is 0 Å². The van der Waals surface area contributed by atoms with Crippen LogP contribution in [-0.4, -0.2) is 16.2 Å². The number of aromatic nitrogens is 2. The van der Waals surface area contributed by atoms with E-state index in [0.29, 0.717) is 6.61 Å². The van der Waals surface area contributed by atoms with E-state index in [0.717, 1.165) is 35.8 Å². The Labute approximate surface area is 93.7 Å². The lowest BCUT2D eigenvalue weighted by Crippen LogP contribution is -2.15. The van der Waals surface area contributed by atoms with E-state index in [4.69, 9.17) is 10.5 Å². The van der Waals surface area contributed by atoms with Crippen molar-refractivity contribution >= 4 is 5.69 Å². The van der Waals surface area contributed by atoms with Gasteiger partial charge in [-0.1, -0.05) is 18.2 Å². The van der Waals surface area contributed by atoms with Gasteiger partial charge in [0.05, 0.1) is 30.9 Å². The van der Waals surface area contributed by atoms with Crippen LogP contribution in [0, 0.1) is 0 Å². The minimum absolute atomic E-state index is 0.615. The van der Waals surface area contributed by atoms with Crippen LogP contribution in [0.5, 0.6) is 0 Å². The summed E-state index contributed by atoms with van der Waals surface area (Å²) in [7, 11) is 0. The van der Waals surface area contributed by atoms with Crippen LogP contribution in [0.3, 0.4) is 0 Å². The van der Waals surface area contributed by atoms with Gasteiger partial charge in [0, 0.05) is 17.8 Å². The standard InChI is InChI=1S/C12H13N3O/c13-10-4-2-1-3-9(10)12-11-7-16-6-5-15(11)8-14-12/h1-4,8H,5-7,13H2. The van der Waals surface area contributed by atoms with E-state index in [9.17, 15) is 0 Å². The first-order valence-corrected chi connectivity index (χ1v) is 5.33. The summed E-state index contributed by atoms with van der Waals surface area (Å²) in [5.41, 5.74) is 9.76. The monoisotopic (exact) mass is 215 g/mol. The molecule has 0 radical (unpaired) electrons. The predicted molar refractivity (Wildman–Crippen MR) is 61.7 cm³/mol. The van der Waals surface area contributed by atoms with Crippen molar-refractivity contribution in [3.8, 4) is 11.3 Å². The molecule has 82 valence electrons. The smallest absolute Gasteiger partial charge is 0.0959 e. The SMILES string of the molecule is Nc1ccccc1-c1ncn2c1COCC2. The van der Waals surface area contributed by atoms with Crippen LogP contribution in [0.15, 0.2) is 30.6 Å². The highest BCUT2D eigenvalue weighted by atomic mass is 16.5. The molecule has 4 nitrogen and oxygen atoms in total. The molecular formula is C12H13N3O. The van der Waals surface area contributed by atoms with Gasteiger partial charge in [-0.05, 0) is 6.07 Å². The average Bonchev–Trinajstić information content (AvgIpc) is 2.74. The summed E-state index contributed by atoms with van der Waals surface area (Å²) in [6.45, 7) is 2.24. The molecule has 0 spiro atoms. The van der Waals surface area contributed by atoms with Crippen molar-refractivity contribution in [1.82, 2.24) is 9.55 Å². The Bertz CT molecular complexity index is 519. The van der Waals surface area contributed by atoms with Gasteiger partial charge in [-0.25, -0.2) is 4.98 Å². The third-order valence-electron chi connectivity index (χ3n) is 2.88. The van der Waals surface area contributed by atoms with Crippen molar-refractivity contribution in [1.29, 1.82) is 0 Å². The van der Waals surface area contributed by atoms with E-state index in [1.807, 2.05) is 30.6 Å². The van der Waals surface area contributed by atoms with E-state index in [1.54, 1.807) is 0 Å². The van der Waals surface area contributed by atoms with Crippen LogP contribution < -0.4 is 5.73 Å². The Morgan fingerprint density at radius 2 is 2.19 bits per heavy atom. The summed E-state index contributed by atoms with van der Waals surface area (Å²) in [6.07, 6.45) is 1.86. The molecule has 3 rings (SSSR count). The number of fused-ring (bicyclic) bond motifs is 1. The first kappa shape index (κ1) is 9.42.